The highest BCUT2D eigenvalue weighted by atomic mass is 16.4. The van der Waals surface area contributed by atoms with E-state index in [1.54, 1.807) is 12.1 Å². The molecule has 0 atom stereocenters. The summed E-state index contributed by atoms with van der Waals surface area (Å²) in [6, 6.07) is 9.26. The summed E-state index contributed by atoms with van der Waals surface area (Å²) in [5.74, 6) is -5.67. The summed E-state index contributed by atoms with van der Waals surface area (Å²) in [4.78, 5) is 43.7. The second kappa shape index (κ2) is 5.92. The Balaban J connectivity index is 2.46. The molecule has 0 fully saturated rings. The number of rotatable bonds is 2. The average Bonchev–Trinajstić information content (AvgIpc) is 2.47. The largest absolute Gasteiger partial charge is 0.474 e. The van der Waals surface area contributed by atoms with Crippen molar-refractivity contribution < 1.29 is 29.4 Å². The molecule has 0 bridgehead atoms. The maximum atomic E-state index is 11.2. The van der Waals surface area contributed by atoms with Crippen LogP contribution < -0.4 is 10.6 Å². The molecule has 0 saturated heterocycles. The number of carbonyl (C=O) groups excluding carboxylic acids is 2. The lowest BCUT2D eigenvalue weighted by Gasteiger charge is -2.10. The van der Waals surface area contributed by atoms with Gasteiger partial charge in [-0.25, -0.2) is 9.59 Å². The Kier molecular flexibility index (Phi) is 4.03. The Bertz CT molecular complexity index is 732. The van der Waals surface area contributed by atoms with Gasteiger partial charge in [0.05, 0.1) is 0 Å². The Morgan fingerprint density at radius 2 is 1.05 bits per heavy atom. The Morgan fingerprint density at radius 3 is 1.36 bits per heavy atom. The van der Waals surface area contributed by atoms with Crippen LogP contribution in [0, 0.1) is 0 Å². The zero-order valence-electron chi connectivity index (χ0n) is 11.0. The number of aliphatic carboxylic acids is 2. The number of anilines is 2. The molecule has 0 radical (unpaired) electrons. The highest BCUT2D eigenvalue weighted by Gasteiger charge is 2.15. The summed E-state index contributed by atoms with van der Waals surface area (Å²) in [5.41, 5.74) is 0.465. The first-order valence-electron chi connectivity index (χ1n) is 6.00. The van der Waals surface area contributed by atoms with Crippen molar-refractivity contribution in [3.63, 3.8) is 0 Å². The lowest BCUT2D eigenvalue weighted by Crippen LogP contribution is -2.22. The number of hydrogen-bond donors (Lipinski definition) is 4. The summed E-state index contributed by atoms with van der Waals surface area (Å²) in [6.45, 7) is 0. The van der Waals surface area contributed by atoms with Gasteiger partial charge in [-0.05, 0) is 12.1 Å². The molecule has 8 nitrogen and oxygen atoms in total. The first kappa shape index (κ1) is 15.0. The summed E-state index contributed by atoms with van der Waals surface area (Å²) < 4.78 is 0. The third-order valence-corrected chi connectivity index (χ3v) is 2.81. The van der Waals surface area contributed by atoms with Crippen LogP contribution in [0.3, 0.4) is 0 Å². The van der Waals surface area contributed by atoms with Gasteiger partial charge in [-0.15, -0.1) is 0 Å². The quantitative estimate of drug-likeness (QED) is 0.609. The van der Waals surface area contributed by atoms with E-state index in [4.69, 9.17) is 10.2 Å². The van der Waals surface area contributed by atoms with Crippen LogP contribution in [0.15, 0.2) is 36.4 Å². The lowest BCUT2D eigenvalue weighted by atomic mass is 10.1. The third kappa shape index (κ3) is 3.01. The first-order valence-corrected chi connectivity index (χ1v) is 6.00. The van der Waals surface area contributed by atoms with Crippen molar-refractivity contribution in [3.8, 4) is 0 Å². The molecule has 0 aliphatic carbocycles. The molecule has 8 heteroatoms. The molecule has 22 heavy (non-hydrogen) atoms. The maximum absolute atomic E-state index is 11.2. The predicted octanol–water partition coefficient (Wildman–Crippen LogP) is 0.886. The highest BCUT2D eigenvalue weighted by Crippen LogP contribution is 2.29. The van der Waals surface area contributed by atoms with E-state index in [0.29, 0.717) is 10.8 Å². The van der Waals surface area contributed by atoms with Gasteiger partial charge in [0.25, 0.3) is 0 Å². The molecule has 2 rings (SSSR count). The van der Waals surface area contributed by atoms with Gasteiger partial charge >= 0.3 is 23.8 Å². The van der Waals surface area contributed by atoms with E-state index in [1.807, 2.05) is 0 Å². The van der Waals surface area contributed by atoms with E-state index in [1.165, 1.54) is 24.3 Å². The minimum Gasteiger partial charge on any atom is -0.474 e. The monoisotopic (exact) mass is 302 g/mol. The SMILES string of the molecule is O=C(O)C(=O)Nc1cccc2c(NC(=O)C(=O)O)cccc12. The maximum Gasteiger partial charge on any atom is 0.394 e. The van der Waals surface area contributed by atoms with Gasteiger partial charge in [0.15, 0.2) is 0 Å². The van der Waals surface area contributed by atoms with E-state index in [9.17, 15) is 19.2 Å². The zero-order chi connectivity index (χ0) is 16.3. The standard InChI is InChI=1S/C14H10N2O6/c17-11(13(19)20)15-9-5-1-3-7-8(9)4-2-6-10(7)16-12(18)14(21)22/h1-6H,(H,15,17)(H,16,18)(H,19,20)(H,21,22). The minimum absolute atomic E-state index is 0.233. The number of nitrogens with one attached hydrogen (secondary N) is 2. The average molecular weight is 302 g/mol. The van der Waals surface area contributed by atoms with E-state index in [-0.39, 0.29) is 11.4 Å². The molecule has 0 saturated carbocycles. The lowest BCUT2D eigenvalue weighted by molar-refractivity contribution is -0.147. The van der Waals surface area contributed by atoms with Crippen LogP contribution in [0.25, 0.3) is 10.8 Å². The number of benzene rings is 2. The Hall–Kier alpha value is -3.42. The zero-order valence-corrected chi connectivity index (χ0v) is 11.0. The van der Waals surface area contributed by atoms with E-state index in [2.05, 4.69) is 10.6 Å². The molecule has 0 aromatic heterocycles. The molecule has 2 aromatic rings. The summed E-state index contributed by atoms with van der Waals surface area (Å²) in [5, 5.41) is 22.6. The fourth-order valence-electron chi connectivity index (χ4n) is 1.88. The van der Waals surface area contributed by atoms with Crippen LogP contribution >= 0.6 is 0 Å². The van der Waals surface area contributed by atoms with Crippen LogP contribution in [0.4, 0.5) is 11.4 Å². The summed E-state index contributed by atoms with van der Waals surface area (Å²) in [6.07, 6.45) is 0. The van der Waals surface area contributed by atoms with Gasteiger partial charge in [-0.3, -0.25) is 9.59 Å². The molecule has 0 unspecified atom stereocenters. The predicted molar refractivity (Wildman–Crippen MR) is 76.5 cm³/mol. The molecule has 0 spiro atoms. The van der Waals surface area contributed by atoms with Crippen molar-refractivity contribution in [2.45, 2.75) is 0 Å². The number of carboxylic acid groups (broad SMARTS) is 2. The van der Waals surface area contributed by atoms with Gasteiger partial charge in [-0.2, -0.15) is 0 Å². The van der Waals surface area contributed by atoms with Crippen LogP contribution in [-0.4, -0.2) is 34.0 Å². The molecule has 0 heterocycles. The van der Waals surface area contributed by atoms with E-state index >= 15 is 0 Å². The van der Waals surface area contributed by atoms with Crippen molar-refractivity contribution in [1.82, 2.24) is 0 Å². The van der Waals surface area contributed by atoms with Crippen molar-refractivity contribution in [1.29, 1.82) is 0 Å². The van der Waals surface area contributed by atoms with Gasteiger partial charge in [0.2, 0.25) is 0 Å². The number of amides is 2. The summed E-state index contributed by atoms with van der Waals surface area (Å²) >= 11 is 0. The third-order valence-electron chi connectivity index (χ3n) is 2.81. The molecule has 0 aliphatic rings. The van der Waals surface area contributed by atoms with Crippen LogP contribution in [-0.2, 0) is 19.2 Å². The number of carbonyl (C=O) groups is 4. The molecular formula is C14H10N2O6. The first-order chi connectivity index (χ1) is 10.4. The fourth-order valence-corrected chi connectivity index (χ4v) is 1.88. The molecule has 112 valence electrons. The smallest absolute Gasteiger partial charge is 0.394 e. The topological polar surface area (TPSA) is 133 Å². The van der Waals surface area contributed by atoms with Crippen LogP contribution in [0.1, 0.15) is 0 Å². The number of hydrogen-bond acceptors (Lipinski definition) is 4. The fraction of sp³-hybridized carbons (Fsp3) is 0. The van der Waals surface area contributed by atoms with Gasteiger partial charge in [-0.1, -0.05) is 24.3 Å². The van der Waals surface area contributed by atoms with Crippen molar-refractivity contribution in [2.75, 3.05) is 10.6 Å². The highest BCUT2D eigenvalue weighted by molar-refractivity contribution is 6.38. The number of fused-ring (bicyclic) bond motifs is 1. The normalized spacial score (nSPS) is 10.0. The van der Waals surface area contributed by atoms with Gasteiger partial charge in [0.1, 0.15) is 0 Å². The van der Waals surface area contributed by atoms with E-state index in [0.717, 1.165) is 0 Å². The van der Waals surface area contributed by atoms with Gasteiger partial charge in [0, 0.05) is 22.1 Å². The molecule has 2 aromatic carbocycles. The minimum atomic E-state index is -1.63. The molecule has 2 amide bonds. The van der Waals surface area contributed by atoms with Crippen molar-refractivity contribution >= 4 is 45.9 Å². The molecule has 0 aliphatic heterocycles. The Labute approximate surface area is 123 Å². The Morgan fingerprint density at radius 1 is 0.682 bits per heavy atom. The van der Waals surface area contributed by atoms with E-state index < -0.39 is 23.8 Å². The van der Waals surface area contributed by atoms with Crippen LogP contribution in [0.5, 0.6) is 0 Å². The van der Waals surface area contributed by atoms with Gasteiger partial charge < -0.3 is 20.8 Å². The van der Waals surface area contributed by atoms with Crippen molar-refractivity contribution in [2.24, 2.45) is 0 Å². The molecular weight excluding hydrogens is 292 g/mol. The second-order valence-corrected chi connectivity index (χ2v) is 4.22. The number of carboxylic acids is 2. The van der Waals surface area contributed by atoms with Crippen LogP contribution in [0.2, 0.25) is 0 Å². The summed E-state index contributed by atoms with van der Waals surface area (Å²) in [7, 11) is 0. The second-order valence-electron chi connectivity index (χ2n) is 4.22. The molecule has 4 N–H and O–H groups in total. The van der Waals surface area contributed by atoms with Crippen molar-refractivity contribution in [3.05, 3.63) is 36.4 Å².